The second-order valence-corrected chi connectivity index (χ2v) is 3.63. The van der Waals surface area contributed by atoms with Gasteiger partial charge in [-0.25, -0.2) is 0 Å². The zero-order valence-corrected chi connectivity index (χ0v) is 8.94. The van der Waals surface area contributed by atoms with E-state index in [1.807, 2.05) is 33.1 Å². The summed E-state index contributed by atoms with van der Waals surface area (Å²) in [5.41, 5.74) is 0. The summed E-state index contributed by atoms with van der Waals surface area (Å²) in [7, 11) is 7.99. The Balaban J connectivity index is 0. The highest BCUT2D eigenvalue weighted by atomic mass is 15.0. The molecule has 0 amide bonds. The van der Waals surface area contributed by atoms with E-state index in [-0.39, 0.29) is 0 Å². The summed E-state index contributed by atoms with van der Waals surface area (Å²) in [5, 5.41) is 3.10. The highest BCUT2D eigenvalue weighted by Gasteiger charge is 1.88. The van der Waals surface area contributed by atoms with Gasteiger partial charge in [-0.2, -0.15) is 0 Å². The van der Waals surface area contributed by atoms with Crippen molar-refractivity contribution in [1.82, 2.24) is 10.2 Å². The average molecular weight is 160 g/mol. The van der Waals surface area contributed by atoms with Gasteiger partial charge in [0.05, 0.1) is 0 Å². The van der Waals surface area contributed by atoms with E-state index >= 15 is 0 Å². The Bertz CT molecular complexity index is 57.8. The van der Waals surface area contributed by atoms with Gasteiger partial charge in [0, 0.05) is 0 Å². The van der Waals surface area contributed by atoms with Crippen molar-refractivity contribution in [3.05, 3.63) is 0 Å². The summed E-state index contributed by atoms with van der Waals surface area (Å²) in [6.45, 7) is 5.62. The van der Waals surface area contributed by atoms with Crippen molar-refractivity contribution in [2.45, 2.75) is 20.3 Å². The molecule has 0 aliphatic rings. The normalized spacial score (nSPS) is 9.82. The molecule has 0 radical (unpaired) electrons. The van der Waals surface area contributed by atoms with Crippen molar-refractivity contribution in [2.24, 2.45) is 5.92 Å². The van der Waals surface area contributed by atoms with Gasteiger partial charge >= 0.3 is 0 Å². The molecule has 0 aliphatic heterocycles. The number of hydrogen-bond donors (Lipinski definition) is 1. The Morgan fingerprint density at radius 2 is 1.55 bits per heavy atom. The molecule has 0 spiro atoms. The van der Waals surface area contributed by atoms with Gasteiger partial charge in [0.2, 0.25) is 0 Å². The van der Waals surface area contributed by atoms with Crippen LogP contribution >= 0.6 is 0 Å². The van der Waals surface area contributed by atoms with Crippen LogP contribution in [-0.4, -0.2) is 39.6 Å². The molecule has 0 fully saturated rings. The predicted molar refractivity (Wildman–Crippen MR) is 53.0 cm³/mol. The van der Waals surface area contributed by atoms with Gasteiger partial charge in [-0.05, 0) is 47.1 Å². The fourth-order valence-electron chi connectivity index (χ4n) is 0.433. The number of nitrogens with one attached hydrogen (secondary N) is 1. The fraction of sp³-hybridized carbons (Fsp3) is 1.00. The molecule has 0 saturated heterocycles. The lowest BCUT2D eigenvalue weighted by Crippen LogP contribution is -2.09. The first-order chi connectivity index (χ1) is 5.00. The standard InChI is InChI=1S/C6H15N.C3H9N/c1-6(2)4-5-7-3;1-4(2)3/h6-7H,4-5H2,1-3H3;1-3H3. The maximum Gasteiger partial charge on any atom is -0.00495 e. The Hall–Kier alpha value is -0.0800. The first kappa shape index (κ1) is 13.5. The van der Waals surface area contributed by atoms with Gasteiger partial charge < -0.3 is 10.2 Å². The van der Waals surface area contributed by atoms with Crippen LogP contribution in [0.5, 0.6) is 0 Å². The van der Waals surface area contributed by atoms with E-state index in [9.17, 15) is 0 Å². The van der Waals surface area contributed by atoms with E-state index in [1.54, 1.807) is 0 Å². The summed E-state index contributed by atoms with van der Waals surface area (Å²) in [6, 6.07) is 0. The zero-order chi connectivity index (χ0) is 9.28. The maximum absolute atomic E-state index is 3.10. The molecule has 0 rings (SSSR count). The second kappa shape index (κ2) is 9.92. The topological polar surface area (TPSA) is 15.3 Å². The molecule has 0 aromatic carbocycles. The smallest absolute Gasteiger partial charge is 0.00495 e. The van der Waals surface area contributed by atoms with Crippen molar-refractivity contribution in [2.75, 3.05) is 34.7 Å². The molecule has 1 N–H and O–H groups in total. The molecule has 0 bridgehead atoms. The van der Waals surface area contributed by atoms with Crippen molar-refractivity contribution in [1.29, 1.82) is 0 Å². The summed E-state index contributed by atoms with van der Waals surface area (Å²) in [6.07, 6.45) is 1.29. The minimum Gasteiger partial charge on any atom is -0.320 e. The van der Waals surface area contributed by atoms with Crippen LogP contribution in [0.15, 0.2) is 0 Å². The third-order valence-electron chi connectivity index (χ3n) is 0.972. The van der Waals surface area contributed by atoms with Crippen LogP contribution in [0.4, 0.5) is 0 Å². The molecule has 0 heterocycles. The van der Waals surface area contributed by atoms with Gasteiger partial charge in [0.1, 0.15) is 0 Å². The van der Waals surface area contributed by atoms with Crippen molar-refractivity contribution >= 4 is 0 Å². The van der Waals surface area contributed by atoms with E-state index < -0.39 is 0 Å². The molecule has 0 atom stereocenters. The van der Waals surface area contributed by atoms with E-state index in [0.29, 0.717) is 0 Å². The van der Waals surface area contributed by atoms with Crippen LogP contribution < -0.4 is 5.32 Å². The SMILES string of the molecule is CN(C)C.CNCCC(C)C. The molecule has 0 aromatic rings. The lowest BCUT2D eigenvalue weighted by molar-refractivity contribution is 0.505. The highest BCUT2D eigenvalue weighted by Crippen LogP contribution is 1.94. The Morgan fingerprint density at radius 1 is 1.18 bits per heavy atom. The molecule has 0 unspecified atom stereocenters. The molecule has 70 valence electrons. The Labute approximate surface area is 72.0 Å². The van der Waals surface area contributed by atoms with E-state index in [0.717, 1.165) is 12.5 Å². The molecular formula is C9H24N2. The molecule has 0 saturated carbocycles. The largest absolute Gasteiger partial charge is 0.320 e. The third kappa shape index (κ3) is 40.5. The second-order valence-electron chi connectivity index (χ2n) is 3.63. The van der Waals surface area contributed by atoms with Crippen LogP contribution in [0.2, 0.25) is 0 Å². The zero-order valence-electron chi connectivity index (χ0n) is 8.94. The fourth-order valence-corrected chi connectivity index (χ4v) is 0.433. The van der Waals surface area contributed by atoms with Crippen LogP contribution in [0.25, 0.3) is 0 Å². The van der Waals surface area contributed by atoms with Crippen molar-refractivity contribution in [3.8, 4) is 0 Å². The number of nitrogens with zero attached hydrogens (tertiary/aromatic N) is 1. The summed E-state index contributed by atoms with van der Waals surface area (Å²) < 4.78 is 0. The minimum absolute atomic E-state index is 0.840. The van der Waals surface area contributed by atoms with Gasteiger partial charge in [-0.3, -0.25) is 0 Å². The Morgan fingerprint density at radius 3 is 1.64 bits per heavy atom. The number of rotatable bonds is 3. The summed E-state index contributed by atoms with van der Waals surface area (Å²) in [5.74, 6) is 0.840. The van der Waals surface area contributed by atoms with E-state index in [4.69, 9.17) is 0 Å². The van der Waals surface area contributed by atoms with Gasteiger partial charge in [0.15, 0.2) is 0 Å². The van der Waals surface area contributed by atoms with Crippen LogP contribution in [0.1, 0.15) is 20.3 Å². The Kier molecular flexibility index (Phi) is 12.2. The lowest BCUT2D eigenvalue weighted by Gasteiger charge is -2.00. The van der Waals surface area contributed by atoms with Gasteiger partial charge in [0.25, 0.3) is 0 Å². The molecule has 11 heavy (non-hydrogen) atoms. The first-order valence-corrected chi connectivity index (χ1v) is 4.26. The van der Waals surface area contributed by atoms with Crippen LogP contribution in [0, 0.1) is 5.92 Å². The molecular weight excluding hydrogens is 136 g/mol. The summed E-state index contributed by atoms with van der Waals surface area (Å²) >= 11 is 0. The maximum atomic E-state index is 3.10. The quantitative estimate of drug-likeness (QED) is 0.672. The van der Waals surface area contributed by atoms with Gasteiger partial charge in [-0.15, -0.1) is 0 Å². The van der Waals surface area contributed by atoms with E-state index in [2.05, 4.69) is 19.2 Å². The van der Waals surface area contributed by atoms with Gasteiger partial charge in [-0.1, -0.05) is 13.8 Å². The first-order valence-electron chi connectivity index (χ1n) is 4.26. The summed E-state index contributed by atoms with van der Waals surface area (Å²) in [4.78, 5) is 2.00. The lowest BCUT2D eigenvalue weighted by atomic mass is 10.1. The molecule has 2 heteroatoms. The van der Waals surface area contributed by atoms with Crippen LogP contribution in [-0.2, 0) is 0 Å². The highest BCUT2D eigenvalue weighted by molar-refractivity contribution is 4.45. The van der Waals surface area contributed by atoms with Crippen LogP contribution in [0.3, 0.4) is 0 Å². The van der Waals surface area contributed by atoms with Crippen molar-refractivity contribution in [3.63, 3.8) is 0 Å². The third-order valence-corrected chi connectivity index (χ3v) is 0.972. The van der Waals surface area contributed by atoms with E-state index in [1.165, 1.54) is 6.42 Å². The predicted octanol–water partition coefficient (Wildman–Crippen LogP) is 1.43. The molecule has 2 nitrogen and oxygen atoms in total. The van der Waals surface area contributed by atoms with Crippen molar-refractivity contribution < 1.29 is 0 Å². The molecule has 0 aromatic heterocycles. The minimum atomic E-state index is 0.840. The number of hydrogen-bond acceptors (Lipinski definition) is 2. The monoisotopic (exact) mass is 160 g/mol. The average Bonchev–Trinajstić information content (AvgIpc) is 1.82. The molecule has 0 aliphatic carbocycles.